The molecule has 3 aromatic rings. The first-order chi connectivity index (χ1) is 16.2. The molecule has 0 aliphatic carbocycles. The smallest absolute Gasteiger partial charge is 0.226 e. The number of nitriles is 1. The standard InChI is InChI=1S/C27H31N5O.ClH/c28-16-22-9-11-24(12-10-22)20-32-21-30-18-26(32)17-29-14-5-4-8-25-13-15-31(27(25)33)19-23-6-2-1-3-7-23;/h1-3,6-7,9-12,18,21,25,29H,4-5,8,13-15,17,19-20H2;1H/t25-;/m1./s1. The van der Waals surface area contributed by atoms with E-state index in [1.54, 1.807) is 0 Å². The summed E-state index contributed by atoms with van der Waals surface area (Å²) in [4.78, 5) is 19.0. The Labute approximate surface area is 208 Å². The van der Waals surface area contributed by atoms with Gasteiger partial charge in [0.1, 0.15) is 0 Å². The molecule has 0 spiro atoms. The van der Waals surface area contributed by atoms with E-state index in [0.29, 0.717) is 11.5 Å². The summed E-state index contributed by atoms with van der Waals surface area (Å²) in [5.74, 6) is 0.501. The van der Waals surface area contributed by atoms with Crippen molar-refractivity contribution in [3.8, 4) is 6.07 Å². The van der Waals surface area contributed by atoms with Gasteiger partial charge in [-0.2, -0.15) is 5.26 Å². The van der Waals surface area contributed by atoms with E-state index in [4.69, 9.17) is 5.26 Å². The summed E-state index contributed by atoms with van der Waals surface area (Å²) in [5, 5.41) is 12.4. The molecule has 0 unspecified atom stereocenters. The second-order valence-corrected chi connectivity index (χ2v) is 8.73. The maximum Gasteiger partial charge on any atom is 0.226 e. The van der Waals surface area contributed by atoms with Crippen LogP contribution in [0.2, 0.25) is 0 Å². The Hall–Kier alpha value is -3.14. The number of rotatable bonds is 11. The summed E-state index contributed by atoms with van der Waals surface area (Å²) in [6.07, 6.45) is 7.83. The van der Waals surface area contributed by atoms with Crippen LogP contribution in [0, 0.1) is 17.2 Å². The third-order valence-electron chi connectivity index (χ3n) is 6.32. The summed E-state index contributed by atoms with van der Waals surface area (Å²) in [6, 6.07) is 20.1. The number of amides is 1. The van der Waals surface area contributed by atoms with Gasteiger partial charge < -0.3 is 14.8 Å². The van der Waals surface area contributed by atoms with Crippen LogP contribution >= 0.6 is 12.4 Å². The highest BCUT2D eigenvalue weighted by molar-refractivity contribution is 5.85. The van der Waals surface area contributed by atoms with Crippen LogP contribution in [0.1, 0.15) is 48.1 Å². The predicted octanol–water partition coefficient (Wildman–Crippen LogP) is 4.53. The van der Waals surface area contributed by atoms with Gasteiger partial charge in [0.05, 0.1) is 23.7 Å². The highest BCUT2D eigenvalue weighted by atomic mass is 35.5. The third kappa shape index (κ3) is 6.93. The van der Waals surface area contributed by atoms with E-state index in [0.717, 1.165) is 69.7 Å². The molecule has 178 valence electrons. The van der Waals surface area contributed by atoms with Gasteiger partial charge in [-0.05, 0) is 49.1 Å². The first-order valence-electron chi connectivity index (χ1n) is 11.7. The van der Waals surface area contributed by atoms with Crippen LogP contribution in [-0.4, -0.2) is 33.4 Å². The van der Waals surface area contributed by atoms with Crippen molar-refractivity contribution < 1.29 is 4.79 Å². The van der Waals surface area contributed by atoms with Gasteiger partial charge in [-0.3, -0.25) is 4.79 Å². The molecule has 1 aromatic heterocycles. The number of likely N-dealkylation sites (tertiary alicyclic amines) is 1. The molecule has 1 aliphatic heterocycles. The Balaban J connectivity index is 0.00000324. The molecule has 1 N–H and O–H groups in total. The van der Waals surface area contributed by atoms with Crippen LogP contribution in [0.5, 0.6) is 0 Å². The van der Waals surface area contributed by atoms with Gasteiger partial charge >= 0.3 is 0 Å². The third-order valence-corrected chi connectivity index (χ3v) is 6.32. The maximum atomic E-state index is 12.7. The summed E-state index contributed by atoms with van der Waals surface area (Å²) in [7, 11) is 0. The van der Waals surface area contributed by atoms with E-state index in [2.05, 4.69) is 33.1 Å². The lowest BCUT2D eigenvalue weighted by molar-refractivity contribution is -0.131. The number of nitrogens with zero attached hydrogens (tertiary/aromatic N) is 4. The molecule has 1 aliphatic rings. The molecular formula is C27H32ClN5O. The fraction of sp³-hybridized carbons (Fsp3) is 0.370. The van der Waals surface area contributed by atoms with Gasteiger partial charge in [0.25, 0.3) is 0 Å². The second kappa shape index (κ2) is 12.9. The van der Waals surface area contributed by atoms with Crippen molar-refractivity contribution in [1.82, 2.24) is 19.8 Å². The molecule has 6 nitrogen and oxygen atoms in total. The largest absolute Gasteiger partial charge is 0.338 e. The molecule has 1 atom stereocenters. The quantitative estimate of drug-likeness (QED) is 0.411. The summed E-state index contributed by atoms with van der Waals surface area (Å²) in [6.45, 7) is 4.04. The predicted molar refractivity (Wildman–Crippen MR) is 135 cm³/mol. The fourth-order valence-corrected chi connectivity index (χ4v) is 4.41. The minimum atomic E-state index is 0. The number of halogens is 1. The lowest BCUT2D eigenvalue weighted by Crippen LogP contribution is -2.27. The van der Waals surface area contributed by atoms with Crippen LogP contribution in [0.15, 0.2) is 67.1 Å². The fourth-order valence-electron chi connectivity index (χ4n) is 4.41. The van der Waals surface area contributed by atoms with Crippen molar-refractivity contribution in [2.75, 3.05) is 13.1 Å². The zero-order valence-electron chi connectivity index (χ0n) is 19.4. The van der Waals surface area contributed by atoms with Gasteiger partial charge in [0.15, 0.2) is 0 Å². The molecule has 0 radical (unpaired) electrons. The highest BCUT2D eigenvalue weighted by Crippen LogP contribution is 2.24. The maximum absolute atomic E-state index is 12.7. The van der Waals surface area contributed by atoms with Crippen LogP contribution < -0.4 is 5.32 Å². The van der Waals surface area contributed by atoms with Gasteiger partial charge in [-0.1, -0.05) is 48.9 Å². The van der Waals surface area contributed by atoms with E-state index in [1.165, 1.54) is 5.56 Å². The first-order valence-corrected chi connectivity index (χ1v) is 11.7. The number of carbonyl (C=O) groups is 1. The minimum absolute atomic E-state index is 0. The first kappa shape index (κ1) is 25.5. The molecule has 1 saturated heterocycles. The summed E-state index contributed by atoms with van der Waals surface area (Å²) in [5.41, 5.74) is 4.17. The van der Waals surface area contributed by atoms with Crippen molar-refractivity contribution in [1.29, 1.82) is 5.26 Å². The van der Waals surface area contributed by atoms with Gasteiger partial charge in [-0.25, -0.2) is 4.98 Å². The lowest BCUT2D eigenvalue weighted by atomic mass is 10.0. The number of hydrogen-bond acceptors (Lipinski definition) is 4. The number of benzene rings is 2. The highest BCUT2D eigenvalue weighted by Gasteiger charge is 2.30. The van der Waals surface area contributed by atoms with Gasteiger partial charge in [0, 0.05) is 38.3 Å². The molecule has 2 aromatic carbocycles. The summed E-state index contributed by atoms with van der Waals surface area (Å²) >= 11 is 0. The molecule has 4 rings (SSSR count). The normalized spacial score (nSPS) is 15.2. The van der Waals surface area contributed by atoms with Crippen molar-refractivity contribution >= 4 is 18.3 Å². The minimum Gasteiger partial charge on any atom is -0.338 e. The number of imidazole rings is 1. The molecule has 2 heterocycles. The molecule has 1 fully saturated rings. The van der Waals surface area contributed by atoms with Gasteiger partial charge in [0.2, 0.25) is 5.91 Å². The van der Waals surface area contributed by atoms with E-state index in [-0.39, 0.29) is 18.3 Å². The summed E-state index contributed by atoms with van der Waals surface area (Å²) < 4.78 is 2.13. The molecule has 0 bridgehead atoms. The van der Waals surface area contributed by atoms with E-state index >= 15 is 0 Å². The molecule has 7 heteroatoms. The SMILES string of the molecule is Cl.N#Cc1ccc(Cn2cncc2CNCCCC[C@@H]2CCN(Cc3ccccc3)C2=O)cc1. The van der Waals surface area contributed by atoms with Crippen LogP contribution in [-0.2, 0) is 24.4 Å². The van der Waals surface area contributed by atoms with E-state index < -0.39 is 0 Å². The zero-order valence-corrected chi connectivity index (χ0v) is 20.2. The van der Waals surface area contributed by atoms with Crippen molar-refractivity contribution in [2.24, 2.45) is 5.92 Å². The van der Waals surface area contributed by atoms with Crippen molar-refractivity contribution in [2.45, 2.75) is 45.3 Å². The molecular weight excluding hydrogens is 446 g/mol. The van der Waals surface area contributed by atoms with E-state index in [9.17, 15) is 4.79 Å². The number of carbonyl (C=O) groups excluding carboxylic acids is 1. The van der Waals surface area contributed by atoms with Crippen LogP contribution in [0.25, 0.3) is 0 Å². The van der Waals surface area contributed by atoms with Crippen molar-refractivity contribution in [3.05, 3.63) is 89.5 Å². The number of hydrogen-bond donors (Lipinski definition) is 1. The number of aromatic nitrogens is 2. The Morgan fingerprint density at radius 2 is 1.79 bits per heavy atom. The molecule has 0 saturated carbocycles. The van der Waals surface area contributed by atoms with Crippen LogP contribution in [0.3, 0.4) is 0 Å². The van der Waals surface area contributed by atoms with Crippen molar-refractivity contribution in [3.63, 3.8) is 0 Å². The molecule has 1 amide bonds. The average Bonchev–Trinajstić information content (AvgIpc) is 3.43. The van der Waals surface area contributed by atoms with Crippen LogP contribution in [0.4, 0.5) is 0 Å². The Morgan fingerprint density at radius 1 is 1.03 bits per heavy atom. The Kier molecular flexibility index (Phi) is 9.69. The number of nitrogens with one attached hydrogen (secondary N) is 1. The Bertz CT molecular complexity index is 1070. The van der Waals surface area contributed by atoms with E-state index in [1.807, 2.05) is 59.9 Å². The lowest BCUT2D eigenvalue weighted by Gasteiger charge is -2.17. The second-order valence-electron chi connectivity index (χ2n) is 8.73. The zero-order chi connectivity index (χ0) is 22.9. The number of unbranched alkanes of at least 4 members (excludes halogenated alkanes) is 1. The molecule has 34 heavy (non-hydrogen) atoms. The van der Waals surface area contributed by atoms with Gasteiger partial charge in [-0.15, -0.1) is 12.4 Å². The Morgan fingerprint density at radius 3 is 2.56 bits per heavy atom. The topological polar surface area (TPSA) is 74.0 Å². The monoisotopic (exact) mass is 477 g/mol. The average molecular weight is 478 g/mol.